The van der Waals surface area contributed by atoms with Crippen LogP contribution in [0.2, 0.25) is 0 Å². The predicted molar refractivity (Wildman–Crippen MR) is 94.2 cm³/mol. The molecule has 0 radical (unpaired) electrons. The Hall–Kier alpha value is -1.58. The number of anilines is 1. The molecule has 1 saturated heterocycles. The fourth-order valence-corrected chi connectivity index (χ4v) is 4.70. The maximum Gasteiger partial charge on any atom is 0.244 e. The minimum absolute atomic E-state index is 0.00529. The summed E-state index contributed by atoms with van der Waals surface area (Å²) >= 11 is 1.48. The average molecular weight is 371 g/mol. The molecule has 0 atom stereocenters. The number of rotatable bonds is 7. The number of carbonyl (C=O) groups excluding carboxylic acids is 2. The molecule has 9 heteroatoms. The molecule has 1 aromatic carbocycles. The number of nitrogens with zero attached hydrogens (tertiary/aromatic N) is 2. The molecule has 0 aliphatic carbocycles. The highest BCUT2D eigenvalue weighted by molar-refractivity contribution is 8.00. The Morgan fingerprint density at radius 2 is 1.88 bits per heavy atom. The van der Waals surface area contributed by atoms with E-state index in [-0.39, 0.29) is 23.3 Å². The summed E-state index contributed by atoms with van der Waals surface area (Å²) in [5.41, 5.74) is 0.498. The molecule has 132 valence electrons. The van der Waals surface area contributed by atoms with E-state index < -0.39 is 10.0 Å². The lowest BCUT2D eigenvalue weighted by atomic mass is 10.3. The predicted octanol–water partition coefficient (Wildman–Crippen LogP) is 1.19. The number of benzene rings is 1. The summed E-state index contributed by atoms with van der Waals surface area (Å²) in [4.78, 5) is 25.1. The molecule has 0 spiro atoms. The topological polar surface area (TPSA) is 86.8 Å². The Morgan fingerprint density at radius 3 is 2.38 bits per heavy atom. The second-order valence-corrected chi connectivity index (χ2v) is 8.12. The van der Waals surface area contributed by atoms with E-state index in [0.29, 0.717) is 30.4 Å². The van der Waals surface area contributed by atoms with E-state index in [1.54, 1.807) is 26.0 Å². The summed E-state index contributed by atoms with van der Waals surface area (Å²) in [6.07, 6.45) is 0. The maximum absolute atomic E-state index is 12.4. The van der Waals surface area contributed by atoms with Crippen molar-refractivity contribution in [2.75, 3.05) is 36.6 Å². The molecule has 1 fully saturated rings. The van der Waals surface area contributed by atoms with Gasteiger partial charge in [0, 0.05) is 18.8 Å². The van der Waals surface area contributed by atoms with Gasteiger partial charge < -0.3 is 10.2 Å². The number of hydrogen-bond acceptors (Lipinski definition) is 5. The Kier molecular flexibility index (Phi) is 6.25. The zero-order chi connectivity index (χ0) is 17.7. The van der Waals surface area contributed by atoms with Gasteiger partial charge in [0.15, 0.2) is 0 Å². The van der Waals surface area contributed by atoms with Crippen molar-refractivity contribution in [1.29, 1.82) is 0 Å². The van der Waals surface area contributed by atoms with Crippen molar-refractivity contribution in [3.63, 3.8) is 0 Å². The summed E-state index contributed by atoms with van der Waals surface area (Å²) < 4.78 is 26.1. The van der Waals surface area contributed by atoms with Gasteiger partial charge in [0.05, 0.1) is 16.5 Å². The third kappa shape index (κ3) is 4.28. The minimum atomic E-state index is -3.51. The highest BCUT2D eigenvalue weighted by Gasteiger charge is 2.23. The second-order valence-electron chi connectivity index (χ2n) is 5.23. The zero-order valence-electron chi connectivity index (χ0n) is 13.7. The van der Waals surface area contributed by atoms with Gasteiger partial charge >= 0.3 is 0 Å². The van der Waals surface area contributed by atoms with Crippen LogP contribution in [-0.2, 0) is 19.6 Å². The van der Waals surface area contributed by atoms with Crippen LogP contribution in [0.4, 0.5) is 5.69 Å². The molecule has 1 aliphatic rings. The third-order valence-electron chi connectivity index (χ3n) is 3.64. The van der Waals surface area contributed by atoms with Crippen molar-refractivity contribution in [3.05, 3.63) is 24.3 Å². The summed E-state index contributed by atoms with van der Waals surface area (Å²) in [7, 11) is -3.51. The largest absolute Gasteiger partial charge is 0.325 e. The molecule has 0 saturated carbocycles. The molecule has 1 aliphatic heterocycles. The Bertz CT molecular complexity index is 700. The summed E-state index contributed by atoms with van der Waals surface area (Å²) in [5.74, 6) is 0.583. The minimum Gasteiger partial charge on any atom is -0.325 e. The van der Waals surface area contributed by atoms with Gasteiger partial charge in [-0.25, -0.2) is 8.42 Å². The number of hydrogen-bond donors (Lipinski definition) is 1. The van der Waals surface area contributed by atoms with Crippen LogP contribution in [0, 0.1) is 0 Å². The first-order chi connectivity index (χ1) is 11.4. The molecule has 1 heterocycles. The van der Waals surface area contributed by atoms with Crippen molar-refractivity contribution in [1.82, 2.24) is 9.21 Å². The van der Waals surface area contributed by atoms with E-state index in [4.69, 9.17) is 0 Å². The molecule has 24 heavy (non-hydrogen) atoms. The molecule has 0 unspecified atom stereocenters. The lowest BCUT2D eigenvalue weighted by Crippen LogP contribution is -2.34. The Balaban J connectivity index is 2.01. The molecule has 1 N–H and O–H groups in total. The van der Waals surface area contributed by atoms with Gasteiger partial charge in [0.1, 0.15) is 6.54 Å². The van der Waals surface area contributed by atoms with Crippen LogP contribution < -0.4 is 5.32 Å². The summed E-state index contributed by atoms with van der Waals surface area (Å²) in [5, 5.41) is 2.67. The van der Waals surface area contributed by atoms with Crippen LogP contribution in [0.1, 0.15) is 13.8 Å². The van der Waals surface area contributed by atoms with Crippen molar-refractivity contribution >= 4 is 39.3 Å². The molecule has 7 nitrogen and oxygen atoms in total. The molecule has 2 rings (SSSR count). The van der Waals surface area contributed by atoms with Crippen LogP contribution >= 0.6 is 11.8 Å². The molecular weight excluding hydrogens is 350 g/mol. The second kappa shape index (κ2) is 8.00. The number of amides is 2. The molecular formula is C15H21N3O4S2. The smallest absolute Gasteiger partial charge is 0.244 e. The van der Waals surface area contributed by atoms with Crippen LogP contribution in [0.25, 0.3) is 0 Å². The van der Waals surface area contributed by atoms with Crippen molar-refractivity contribution in [3.8, 4) is 0 Å². The van der Waals surface area contributed by atoms with E-state index in [2.05, 4.69) is 5.32 Å². The third-order valence-corrected chi connectivity index (χ3v) is 6.65. The molecule has 0 bridgehead atoms. The van der Waals surface area contributed by atoms with E-state index in [1.165, 1.54) is 33.1 Å². The number of nitrogens with one attached hydrogen (secondary N) is 1. The molecule has 0 aromatic heterocycles. The standard InChI is InChI=1S/C15H21N3O4S2/c1-3-18(4-2)24(21,22)13-7-5-12(6-8-13)16-14(19)9-17-11-23-10-15(17)20/h5-8H,3-4,9-11H2,1-2H3,(H,16,19). The van der Waals surface area contributed by atoms with Gasteiger partial charge in [0.2, 0.25) is 21.8 Å². The monoisotopic (exact) mass is 371 g/mol. The molecule has 1 aromatic rings. The average Bonchev–Trinajstić information content (AvgIpc) is 2.93. The van der Waals surface area contributed by atoms with Crippen molar-refractivity contribution < 1.29 is 18.0 Å². The van der Waals surface area contributed by atoms with Crippen molar-refractivity contribution in [2.24, 2.45) is 0 Å². The first-order valence-electron chi connectivity index (χ1n) is 7.64. The van der Waals surface area contributed by atoms with E-state index in [1.807, 2.05) is 0 Å². The number of sulfonamides is 1. The van der Waals surface area contributed by atoms with Gasteiger partial charge in [-0.05, 0) is 24.3 Å². The fourth-order valence-electron chi connectivity index (χ4n) is 2.34. The first kappa shape index (κ1) is 18.8. The normalized spacial score (nSPS) is 15.1. The quantitative estimate of drug-likeness (QED) is 0.778. The van der Waals surface area contributed by atoms with Gasteiger partial charge in [-0.1, -0.05) is 13.8 Å². The Morgan fingerprint density at radius 1 is 1.25 bits per heavy atom. The number of thioether (sulfide) groups is 1. The van der Waals surface area contributed by atoms with E-state index >= 15 is 0 Å². The summed E-state index contributed by atoms with van der Waals surface area (Å²) in [6, 6.07) is 6.05. The maximum atomic E-state index is 12.4. The van der Waals surface area contributed by atoms with Gasteiger partial charge in [-0.15, -0.1) is 11.8 Å². The summed E-state index contributed by atoms with van der Waals surface area (Å²) in [6.45, 7) is 4.38. The zero-order valence-corrected chi connectivity index (χ0v) is 15.3. The van der Waals surface area contributed by atoms with Gasteiger partial charge in [-0.2, -0.15) is 4.31 Å². The van der Waals surface area contributed by atoms with Crippen LogP contribution in [0.5, 0.6) is 0 Å². The van der Waals surface area contributed by atoms with Gasteiger partial charge in [-0.3, -0.25) is 9.59 Å². The fraction of sp³-hybridized carbons (Fsp3) is 0.467. The molecule has 2 amide bonds. The first-order valence-corrected chi connectivity index (χ1v) is 10.2. The van der Waals surface area contributed by atoms with Gasteiger partial charge in [0.25, 0.3) is 0 Å². The van der Waals surface area contributed by atoms with E-state index in [0.717, 1.165) is 0 Å². The highest BCUT2D eigenvalue weighted by atomic mass is 32.2. The lowest BCUT2D eigenvalue weighted by molar-refractivity contribution is -0.130. The van der Waals surface area contributed by atoms with Crippen LogP contribution in [-0.4, -0.2) is 60.7 Å². The lowest BCUT2D eigenvalue weighted by Gasteiger charge is -2.18. The SMILES string of the molecule is CCN(CC)S(=O)(=O)c1ccc(NC(=O)CN2CSCC2=O)cc1. The Labute approximate surface area is 146 Å². The highest BCUT2D eigenvalue weighted by Crippen LogP contribution is 2.19. The van der Waals surface area contributed by atoms with Crippen LogP contribution in [0.15, 0.2) is 29.2 Å². The van der Waals surface area contributed by atoms with Crippen LogP contribution in [0.3, 0.4) is 0 Å². The number of carbonyl (C=O) groups is 2. The van der Waals surface area contributed by atoms with Crippen molar-refractivity contribution in [2.45, 2.75) is 18.7 Å². The van der Waals surface area contributed by atoms with E-state index in [9.17, 15) is 18.0 Å².